The van der Waals surface area contributed by atoms with E-state index in [0.717, 1.165) is 24.5 Å². The van der Waals surface area contributed by atoms with Gasteiger partial charge in [0.15, 0.2) is 0 Å². The minimum Gasteiger partial charge on any atom is -0.491 e. The van der Waals surface area contributed by atoms with Crippen molar-refractivity contribution in [3.8, 4) is 5.75 Å². The molecule has 2 aromatic carbocycles. The first-order valence-electron chi connectivity index (χ1n) is 9.79. The Balaban J connectivity index is 1.54. The molecular weight excluding hydrogens is 370 g/mol. The number of carbonyl (C=O) groups is 2. The Hall–Kier alpha value is -3.06. The summed E-state index contributed by atoms with van der Waals surface area (Å²) >= 11 is 0. The van der Waals surface area contributed by atoms with E-state index < -0.39 is 0 Å². The van der Waals surface area contributed by atoms with Crippen LogP contribution in [0.5, 0.6) is 5.75 Å². The van der Waals surface area contributed by atoms with E-state index in [1.165, 1.54) is 0 Å². The van der Waals surface area contributed by atoms with Crippen LogP contribution >= 0.6 is 0 Å². The van der Waals surface area contributed by atoms with Crippen LogP contribution in [0.2, 0.25) is 0 Å². The molecule has 2 N–H and O–H groups in total. The number of amides is 2. The van der Waals surface area contributed by atoms with Gasteiger partial charge in [0.2, 0.25) is 5.91 Å². The van der Waals surface area contributed by atoms with E-state index in [2.05, 4.69) is 15.5 Å². The van der Waals surface area contributed by atoms with Gasteiger partial charge in [-0.05, 0) is 50.2 Å². The van der Waals surface area contributed by atoms with Crippen molar-refractivity contribution in [3.63, 3.8) is 0 Å². The number of hydrogen-bond acceptors (Lipinski definition) is 5. The molecular formula is C22H27N3O4. The second-order valence-electron chi connectivity index (χ2n) is 7.04. The molecule has 0 atom stereocenters. The molecule has 1 aliphatic rings. The maximum absolute atomic E-state index is 12.4. The average Bonchev–Trinajstić information content (AvgIpc) is 2.73. The molecule has 0 aliphatic carbocycles. The van der Waals surface area contributed by atoms with E-state index in [1.54, 1.807) is 24.3 Å². The van der Waals surface area contributed by atoms with E-state index in [9.17, 15) is 9.59 Å². The van der Waals surface area contributed by atoms with E-state index in [-0.39, 0.29) is 24.5 Å². The smallest absolute Gasteiger partial charge is 0.251 e. The van der Waals surface area contributed by atoms with Gasteiger partial charge in [-0.1, -0.05) is 12.1 Å². The van der Waals surface area contributed by atoms with Crippen molar-refractivity contribution >= 4 is 23.2 Å². The number of morpholine rings is 1. The van der Waals surface area contributed by atoms with Gasteiger partial charge in [-0.15, -0.1) is 0 Å². The van der Waals surface area contributed by atoms with Gasteiger partial charge in [0, 0.05) is 18.7 Å². The lowest BCUT2D eigenvalue weighted by molar-refractivity contribution is -0.115. The average molecular weight is 397 g/mol. The molecule has 154 valence electrons. The molecule has 0 radical (unpaired) electrons. The van der Waals surface area contributed by atoms with Crippen molar-refractivity contribution in [1.29, 1.82) is 0 Å². The van der Waals surface area contributed by atoms with Crippen LogP contribution in [0, 0.1) is 0 Å². The second kappa shape index (κ2) is 9.93. The molecule has 0 aromatic heterocycles. The molecule has 1 fully saturated rings. The second-order valence-corrected chi connectivity index (χ2v) is 7.04. The number of benzene rings is 2. The van der Waals surface area contributed by atoms with Gasteiger partial charge in [0.05, 0.1) is 37.2 Å². The normalized spacial score (nSPS) is 13.8. The summed E-state index contributed by atoms with van der Waals surface area (Å²) in [5.41, 5.74) is 2.16. The third-order valence-electron chi connectivity index (χ3n) is 4.43. The molecule has 0 unspecified atom stereocenters. The number of nitrogens with zero attached hydrogens (tertiary/aromatic N) is 1. The Morgan fingerprint density at radius 1 is 1.07 bits per heavy atom. The maximum atomic E-state index is 12.4. The summed E-state index contributed by atoms with van der Waals surface area (Å²) in [7, 11) is 0. The summed E-state index contributed by atoms with van der Waals surface area (Å²) in [6, 6.07) is 14.5. The van der Waals surface area contributed by atoms with Crippen molar-refractivity contribution < 1.29 is 19.1 Å². The summed E-state index contributed by atoms with van der Waals surface area (Å²) in [6.45, 7) is 6.66. The fraction of sp³-hybridized carbons (Fsp3) is 0.364. The molecule has 0 bridgehead atoms. The van der Waals surface area contributed by atoms with Crippen LogP contribution in [0.25, 0.3) is 0 Å². The summed E-state index contributed by atoms with van der Waals surface area (Å²) in [5, 5.41) is 5.54. The van der Waals surface area contributed by atoms with Gasteiger partial charge < -0.3 is 25.0 Å². The zero-order valence-electron chi connectivity index (χ0n) is 16.8. The largest absolute Gasteiger partial charge is 0.491 e. The molecule has 1 aliphatic heterocycles. The minimum absolute atomic E-state index is 0.0683. The first-order chi connectivity index (χ1) is 14.0. The SMILES string of the molecule is CC(C)Oc1ccc(C(=O)NCC(=O)Nc2ccccc2N2CCOCC2)cc1. The van der Waals surface area contributed by atoms with Crippen molar-refractivity contribution in [1.82, 2.24) is 5.32 Å². The Morgan fingerprint density at radius 2 is 1.76 bits per heavy atom. The highest BCUT2D eigenvalue weighted by Crippen LogP contribution is 2.26. The van der Waals surface area contributed by atoms with Crippen LogP contribution in [0.15, 0.2) is 48.5 Å². The zero-order valence-corrected chi connectivity index (χ0v) is 16.8. The third-order valence-corrected chi connectivity index (χ3v) is 4.43. The van der Waals surface area contributed by atoms with Crippen molar-refractivity contribution in [2.24, 2.45) is 0 Å². The lowest BCUT2D eigenvalue weighted by Crippen LogP contribution is -2.37. The van der Waals surface area contributed by atoms with Crippen LogP contribution in [-0.4, -0.2) is 50.8 Å². The number of para-hydroxylation sites is 2. The first kappa shape index (κ1) is 20.7. The number of rotatable bonds is 7. The van der Waals surface area contributed by atoms with E-state index in [0.29, 0.717) is 24.5 Å². The predicted octanol–water partition coefficient (Wildman–Crippen LogP) is 2.68. The Labute approximate surface area is 171 Å². The van der Waals surface area contributed by atoms with Crippen molar-refractivity contribution in [2.45, 2.75) is 20.0 Å². The molecule has 3 rings (SSSR count). The van der Waals surface area contributed by atoms with E-state index >= 15 is 0 Å². The van der Waals surface area contributed by atoms with Crippen LogP contribution < -0.4 is 20.3 Å². The highest BCUT2D eigenvalue weighted by molar-refractivity contribution is 6.00. The Bertz CT molecular complexity index is 830. The fourth-order valence-electron chi connectivity index (χ4n) is 3.07. The molecule has 7 nitrogen and oxygen atoms in total. The first-order valence-corrected chi connectivity index (χ1v) is 9.79. The van der Waals surface area contributed by atoms with Crippen LogP contribution in [0.4, 0.5) is 11.4 Å². The number of anilines is 2. The quantitative estimate of drug-likeness (QED) is 0.751. The molecule has 1 saturated heterocycles. The van der Waals surface area contributed by atoms with Gasteiger partial charge in [0.25, 0.3) is 5.91 Å². The molecule has 0 saturated carbocycles. The fourth-order valence-corrected chi connectivity index (χ4v) is 3.07. The monoisotopic (exact) mass is 397 g/mol. The lowest BCUT2D eigenvalue weighted by atomic mass is 10.2. The highest BCUT2D eigenvalue weighted by Gasteiger charge is 2.16. The Kier molecular flexibility index (Phi) is 7.08. The van der Waals surface area contributed by atoms with Gasteiger partial charge >= 0.3 is 0 Å². The molecule has 7 heteroatoms. The molecule has 2 aromatic rings. The van der Waals surface area contributed by atoms with Crippen LogP contribution in [0.3, 0.4) is 0 Å². The number of ether oxygens (including phenoxy) is 2. The summed E-state index contributed by atoms with van der Waals surface area (Å²) in [6.07, 6.45) is 0.0683. The van der Waals surface area contributed by atoms with Crippen molar-refractivity contribution in [3.05, 3.63) is 54.1 Å². The maximum Gasteiger partial charge on any atom is 0.251 e. The Morgan fingerprint density at radius 3 is 2.45 bits per heavy atom. The van der Waals surface area contributed by atoms with Crippen LogP contribution in [0.1, 0.15) is 24.2 Å². The zero-order chi connectivity index (χ0) is 20.6. The standard InChI is InChI=1S/C22H27N3O4/c1-16(2)29-18-9-7-17(8-10-18)22(27)23-15-21(26)24-19-5-3-4-6-20(19)25-11-13-28-14-12-25/h3-10,16H,11-15H2,1-2H3,(H,23,27)(H,24,26). The molecule has 2 amide bonds. The van der Waals surface area contributed by atoms with Gasteiger partial charge in [-0.2, -0.15) is 0 Å². The molecule has 1 heterocycles. The summed E-state index contributed by atoms with van der Waals surface area (Å²) < 4.78 is 11.0. The van der Waals surface area contributed by atoms with Gasteiger partial charge in [-0.3, -0.25) is 9.59 Å². The summed E-state index contributed by atoms with van der Waals surface area (Å²) in [5.74, 6) is 0.116. The number of nitrogens with one attached hydrogen (secondary N) is 2. The third kappa shape index (κ3) is 5.96. The van der Waals surface area contributed by atoms with Gasteiger partial charge in [-0.25, -0.2) is 0 Å². The van der Waals surface area contributed by atoms with E-state index in [1.807, 2.05) is 38.1 Å². The molecule has 29 heavy (non-hydrogen) atoms. The predicted molar refractivity (Wildman–Crippen MR) is 113 cm³/mol. The van der Waals surface area contributed by atoms with E-state index in [4.69, 9.17) is 9.47 Å². The van der Waals surface area contributed by atoms with Gasteiger partial charge in [0.1, 0.15) is 5.75 Å². The van der Waals surface area contributed by atoms with Crippen LogP contribution in [-0.2, 0) is 9.53 Å². The topological polar surface area (TPSA) is 79.9 Å². The minimum atomic E-state index is -0.308. The lowest BCUT2D eigenvalue weighted by Gasteiger charge is -2.30. The van der Waals surface area contributed by atoms with Crippen molar-refractivity contribution in [2.75, 3.05) is 43.1 Å². The highest BCUT2D eigenvalue weighted by atomic mass is 16.5. The summed E-state index contributed by atoms with van der Waals surface area (Å²) in [4.78, 5) is 26.8. The number of hydrogen-bond donors (Lipinski definition) is 2. The number of carbonyl (C=O) groups excluding carboxylic acids is 2. The molecule has 0 spiro atoms.